The van der Waals surface area contributed by atoms with E-state index < -0.39 is 0 Å². The van der Waals surface area contributed by atoms with Crippen molar-refractivity contribution in [2.45, 2.75) is 31.7 Å². The van der Waals surface area contributed by atoms with Crippen molar-refractivity contribution in [3.05, 3.63) is 0 Å². The molecule has 0 aromatic heterocycles. The van der Waals surface area contributed by atoms with E-state index in [2.05, 4.69) is 12.4 Å². The minimum Gasteiger partial charge on any atom is -0.381 e. The summed E-state index contributed by atoms with van der Waals surface area (Å²) in [5, 5.41) is 3.43. The molecule has 2 aliphatic rings. The SMILES string of the molecule is CNC1CCOCC1CC1CCOCC1. The Hall–Kier alpha value is -0.120. The average molecular weight is 213 g/mol. The first-order valence-corrected chi connectivity index (χ1v) is 6.23. The van der Waals surface area contributed by atoms with Crippen LogP contribution in [0.2, 0.25) is 0 Å². The molecule has 2 aliphatic heterocycles. The van der Waals surface area contributed by atoms with E-state index in [4.69, 9.17) is 9.47 Å². The molecule has 2 fully saturated rings. The fourth-order valence-electron chi connectivity index (χ4n) is 2.82. The van der Waals surface area contributed by atoms with Gasteiger partial charge < -0.3 is 14.8 Å². The zero-order chi connectivity index (χ0) is 10.5. The predicted molar refractivity (Wildman–Crippen MR) is 59.9 cm³/mol. The van der Waals surface area contributed by atoms with Crippen LogP contribution in [0, 0.1) is 11.8 Å². The molecule has 3 heteroatoms. The topological polar surface area (TPSA) is 30.5 Å². The molecule has 2 saturated heterocycles. The second-order valence-corrected chi connectivity index (χ2v) is 4.81. The Morgan fingerprint density at radius 1 is 1.07 bits per heavy atom. The van der Waals surface area contributed by atoms with Gasteiger partial charge in [-0.15, -0.1) is 0 Å². The lowest BCUT2D eigenvalue weighted by Crippen LogP contribution is -2.42. The molecule has 0 spiro atoms. The Balaban J connectivity index is 1.79. The molecule has 15 heavy (non-hydrogen) atoms. The molecule has 2 unspecified atom stereocenters. The lowest BCUT2D eigenvalue weighted by molar-refractivity contribution is 0.00720. The van der Waals surface area contributed by atoms with Gasteiger partial charge >= 0.3 is 0 Å². The third-order valence-electron chi connectivity index (χ3n) is 3.82. The van der Waals surface area contributed by atoms with Gasteiger partial charge in [0.05, 0.1) is 6.61 Å². The van der Waals surface area contributed by atoms with Crippen molar-refractivity contribution in [3.63, 3.8) is 0 Å². The maximum absolute atomic E-state index is 5.58. The van der Waals surface area contributed by atoms with E-state index in [1.807, 2.05) is 0 Å². The Morgan fingerprint density at radius 3 is 2.53 bits per heavy atom. The smallest absolute Gasteiger partial charge is 0.0509 e. The molecule has 88 valence electrons. The average Bonchev–Trinajstić information content (AvgIpc) is 2.31. The summed E-state index contributed by atoms with van der Waals surface area (Å²) in [6.07, 6.45) is 4.97. The van der Waals surface area contributed by atoms with E-state index in [9.17, 15) is 0 Å². The molecule has 0 radical (unpaired) electrons. The van der Waals surface area contributed by atoms with Crippen LogP contribution in [0.15, 0.2) is 0 Å². The monoisotopic (exact) mass is 213 g/mol. The van der Waals surface area contributed by atoms with Crippen molar-refractivity contribution in [1.82, 2.24) is 5.32 Å². The molecule has 0 saturated carbocycles. The number of nitrogens with one attached hydrogen (secondary N) is 1. The van der Waals surface area contributed by atoms with Gasteiger partial charge in [0.2, 0.25) is 0 Å². The fourth-order valence-corrected chi connectivity index (χ4v) is 2.82. The predicted octanol–water partition coefficient (Wildman–Crippen LogP) is 1.43. The summed E-state index contributed by atoms with van der Waals surface area (Å²) in [5.74, 6) is 1.58. The summed E-state index contributed by atoms with van der Waals surface area (Å²) in [6, 6.07) is 0.668. The Kier molecular flexibility index (Phi) is 4.42. The van der Waals surface area contributed by atoms with Crippen LogP contribution < -0.4 is 5.32 Å². The summed E-state index contributed by atoms with van der Waals surface area (Å²) in [6.45, 7) is 3.80. The third-order valence-corrected chi connectivity index (χ3v) is 3.82. The van der Waals surface area contributed by atoms with Gasteiger partial charge in [0.1, 0.15) is 0 Å². The quantitative estimate of drug-likeness (QED) is 0.769. The molecular weight excluding hydrogens is 190 g/mol. The zero-order valence-electron chi connectivity index (χ0n) is 9.71. The van der Waals surface area contributed by atoms with Gasteiger partial charge in [-0.05, 0) is 44.6 Å². The maximum atomic E-state index is 5.58. The third kappa shape index (κ3) is 3.16. The summed E-state index contributed by atoms with van der Waals surface area (Å²) in [7, 11) is 2.08. The lowest BCUT2D eigenvalue weighted by Gasteiger charge is -2.34. The normalized spacial score (nSPS) is 34.2. The molecule has 0 bridgehead atoms. The van der Waals surface area contributed by atoms with E-state index in [0.717, 1.165) is 32.3 Å². The molecular formula is C12H23NO2. The van der Waals surface area contributed by atoms with Crippen LogP contribution in [-0.4, -0.2) is 39.5 Å². The summed E-state index contributed by atoms with van der Waals surface area (Å²) in [4.78, 5) is 0. The molecule has 2 heterocycles. The minimum atomic E-state index is 0.668. The highest BCUT2D eigenvalue weighted by atomic mass is 16.5. The van der Waals surface area contributed by atoms with Gasteiger partial charge in [0, 0.05) is 25.9 Å². The van der Waals surface area contributed by atoms with Crippen molar-refractivity contribution in [1.29, 1.82) is 0 Å². The standard InChI is InChI=1S/C12H23NO2/c1-13-12-4-7-15-9-11(12)8-10-2-5-14-6-3-10/h10-13H,2-9H2,1H3. The largest absolute Gasteiger partial charge is 0.381 e. The Labute approximate surface area is 92.5 Å². The van der Waals surface area contributed by atoms with Crippen LogP contribution in [0.25, 0.3) is 0 Å². The van der Waals surface area contributed by atoms with Crippen molar-refractivity contribution in [2.24, 2.45) is 11.8 Å². The highest BCUT2D eigenvalue weighted by molar-refractivity contribution is 4.81. The summed E-state index contributed by atoms with van der Waals surface area (Å²) in [5.41, 5.74) is 0. The molecule has 0 amide bonds. The van der Waals surface area contributed by atoms with E-state index in [-0.39, 0.29) is 0 Å². The molecule has 0 aromatic carbocycles. The van der Waals surface area contributed by atoms with Crippen LogP contribution >= 0.6 is 0 Å². The molecule has 3 nitrogen and oxygen atoms in total. The van der Waals surface area contributed by atoms with Gasteiger partial charge in [-0.3, -0.25) is 0 Å². The number of hydrogen-bond donors (Lipinski definition) is 1. The highest BCUT2D eigenvalue weighted by Gasteiger charge is 2.27. The summed E-state index contributed by atoms with van der Waals surface area (Å²) < 4.78 is 11.0. The Bertz CT molecular complexity index is 180. The molecule has 0 aromatic rings. The fraction of sp³-hybridized carbons (Fsp3) is 1.00. The molecule has 2 atom stereocenters. The first kappa shape index (κ1) is 11.4. The van der Waals surface area contributed by atoms with Crippen molar-refractivity contribution in [2.75, 3.05) is 33.5 Å². The number of hydrogen-bond acceptors (Lipinski definition) is 3. The van der Waals surface area contributed by atoms with Gasteiger partial charge in [-0.2, -0.15) is 0 Å². The highest BCUT2D eigenvalue weighted by Crippen LogP contribution is 2.27. The van der Waals surface area contributed by atoms with Crippen molar-refractivity contribution >= 4 is 0 Å². The van der Waals surface area contributed by atoms with Crippen LogP contribution in [0.4, 0.5) is 0 Å². The van der Waals surface area contributed by atoms with Gasteiger partial charge in [-0.1, -0.05) is 0 Å². The van der Waals surface area contributed by atoms with Crippen molar-refractivity contribution in [3.8, 4) is 0 Å². The van der Waals surface area contributed by atoms with E-state index in [1.54, 1.807) is 0 Å². The van der Waals surface area contributed by atoms with Crippen LogP contribution in [0.3, 0.4) is 0 Å². The van der Waals surface area contributed by atoms with E-state index in [1.165, 1.54) is 25.7 Å². The zero-order valence-corrected chi connectivity index (χ0v) is 9.71. The molecule has 1 N–H and O–H groups in total. The second-order valence-electron chi connectivity index (χ2n) is 4.81. The van der Waals surface area contributed by atoms with E-state index in [0.29, 0.717) is 12.0 Å². The Morgan fingerprint density at radius 2 is 1.80 bits per heavy atom. The van der Waals surface area contributed by atoms with Crippen LogP contribution in [-0.2, 0) is 9.47 Å². The maximum Gasteiger partial charge on any atom is 0.0509 e. The first-order valence-electron chi connectivity index (χ1n) is 6.23. The molecule has 2 rings (SSSR count). The van der Waals surface area contributed by atoms with E-state index >= 15 is 0 Å². The second kappa shape index (κ2) is 5.83. The molecule has 0 aliphatic carbocycles. The first-order chi connectivity index (χ1) is 7.40. The van der Waals surface area contributed by atoms with Gasteiger partial charge in [0.15, 0.2) is 0 Å². The lowest BCUT2D eigenvalue weighted by atomic mass is 9.83. The van der Waals surface area contributed by atoms with Crippen LogP contribution in [0.1, 0.15) is 25.7 Å². The number of ether oxygens (including phenoxy) is 2. The van der Waals surface area contributed by atoms with Gasteiger partial charge in [0.25, 0.3) is 0 Å². The summed E-state index contributed by atoms with van der Waals surface area (Å²) >= 11 is 0. The minimum absolute atomic E-state index is 0.668. The van der Waals surface area contributed by atoms with Crippen molar-refractivity contribution < 1.29 is 9.47 Å². The van der Waals surface area contributed by atoms with Crippen LogP contribution in [0.5, 0.6) is 0 Å². The number of rotatable bonds is 3. The van der Waals surface area contributed by atoms with Gasteiger partial charge in [-0.25, -0.2) is 0 Å².